The number of benzene rings is 2. The van der Waals surface area contributed by atoms with Gasteiger partial charge >= 0.3 is 12.1 Å². The van der Waals surface area contributed by atoms with Gasteiger partial charge in [-0.2, -0.15) is 0 Å². The quantitative estimate of drug-likeness (QED) is 0.459. The Bertz CT molecular complexity index is 1180. The van der Waals surface area contributed by atoms with Gasteiger partial charge in [-0.25, -0.2) is 9.59 Å². The van der Waals surface area contributed by atoms with Crippen LogP contribution in [-0.2, 0) is 9.53 Å². The number of rotatable bonds is 8. The zero-order chi connectivity index (χ0) is 24.1. The molecule has 2 aromatic carbocycles. The summed E-state index contributed by atoms with van der Waals surface area (Å²) in [5, 5.41) is 14.4. The summed E-state index contributed by atoms with van der Waals surface area (Å²) in [6.07, 6.45) is 2.58. The number of carbonyl (C=O) groups is 3. The molecule has 0 fully saturated rings. The minimum atomic E-state index is -1.12. The Kier molecular flexibility index (Phi) is 6.87. The molecule has 0 bridgehead atoms. The molecular formula is C26H25N3O5. The van der Waals surface area contributed by atoms with Gasteiger partial charge in [0, 0.05) is 24.6 Å². The summed E-state index contributed by atoms with van der Waals surface area (Å²) in [5.74, 6) is -1.44. The molecule has 1 aromatic heterocycles. The lowest BCUT2D eigenvalue weighted by atomic mass is 9.98. The van der Waals surface area contributed by atoms with Crippen LogP contribution in [0, 0.1) is 0 Å². The Morgan fingerprint density at radius 3 is 2.32 bits per heavy atom. The van der Waals surface area contributed by atoms with E-state index in [1.54, 1.807) is 6.92 Å². The van der Waals surface area contributed by atoms with Crippen molar-refractivity contribution in [2.75, 3.05) is 11.9 Å². The number of pyridine rings is 1. The third-order valence-corrected chi connectivity index (χ3v) is 5.78. The fourth-order valence-electron chi connectivity index (χ4n) is 4.11. The lowest BCUT2D eigenvalue weighted by molar-refractivity contribution is -0.116. The first kappa shape index (κ1) is 23.0. The number of hydrogen-bond donors (Lipinski definition) is 3. The molecule has 0 radical (unpaired) electrons. The number of carboxylic acids is 1. The number of anilines is 1. The summed E-state index contributed by atoms with van der Waals surface area (Å²) in [7, 11) is 0. The van der Waals surface area contributed by atoms with Crippen molar-refractivity contribution in [1.29, 1.82) is 0 Å². The predicted octanol–water partition coefficient (Wildman–Crippen LogP) is 4.43. The zero-order valence-corrected chi connectivity index (χ0v) is 18.7. The molecule has 0 saturated carbocycles. The molecule has 174 valence electrons. The second-order valence-corrected chi connectivity index (χ2v) is 8.23. The van der Waals surface area contributed by atoms with Crippen molar-refractivity contribution in [2.45, 2.75) is 31.7 Å². The van der Waals surface area contributed by atoms with Gasteiger partial charge in [-0.1, -0.05) is 48.5 Å². The number of aromatic nitrogens is 1. The lowest BCUT2D eigenvalue weighted by Crippen LogP contribution is -2.34. The normalized spacial score (nSPS) is 12.9. The van der Waals surface area contributed by atoms with E-state index in [1.807, 2.05) is 24.3 Å². The van der Waals surface area contributed by atoms with Crippen molar-refractivity contribution in [3.8, 4) is 11.1 Å². The third-order valence-electron chi connectivity index (χ3n) is 5.78. The van der Waals surface area contributed by atoms with Gasteiger partial charge in [0.1, 0.15) is 6.61 Å². The van der Waals surface area contributed by atoms with Gasteiger partial charge in [0.05, 0.1) is 17.4 Å². The molecule has 3 N–H and O–H groups in total. The maximum absolute atomic E-state index is 12.4. The molecule has 8 nitrogen and oxygen atoms in total. The molecule has 1 atom stereocenters. The van der Waals surface area contributed by atoms with Gasteiger partial charge in [-0.15, -0.1) is 0 Å². The summed E-state index contributed by atoms with van der Waals surface area (Å²) < 4.78 is 5.53. The molecular weight excluding hydrogens is 434 g/mol. The minimum absolute atomic E-state index is 0.0110. The highest BCUT2D eigenvalue weighted by Crippen LogP contribution is 2.44. The lowest BCUT2D eigenvalue weighted by Gasteiger charge is -2.17. The SMILES string of the molecule is CC(CCC(=O)Nc1cncc(C(=O)O)c1)NC(=O)OCC1c2ccccc2-c2ccccc21. The van der Waals surface area contributed by atoms with Gasteiger partial charge in [0.25, 0.3) is 0 Å². The smallest absolute Gasteiger partial charge is 0.407 e. The van der Waals surface area contributed by atoms with Crippen LogP contribution in [0.25, 0.3) is 11.1 Å². The molecule has 0 aliphatic heterocycles. The highest BCUT2D eigenvalue weighted by molar-refractivity contribution is 5.93. The summed E-state index contributed by atoms with van der Waals surface area (Å²) in [4.78, 5) is 39.4. The van der Waals surface area contributed by atoms with Crippen molar-refractivity contribution < 1.29 is 24.2 Å². The van der Waals surface area contributed by atoms with Crippen LogP contribution < -0.4 is 10.6 Å². The standard InChI is InChI=1S/C26H25N3O5/c1-16(10-11-24(30)29-18-12-17(25(31)32)13-27-14-18)28-26(33)34-15-23-21-8-4-2-6-19(21)20-7-3-5-9-22(20)23/h2-9,12-14,16,23H,10-11,15H2,1H3,(H,28,33)(H,29,30)(H,31,32). The Morgan fingerprint density at radius 1 is 1.03 bits per heavy atom. The highest BCUT2D eigenvalue weighted by Gasteiger charge is 2.29. The van der Waals surface area contributed by atoms with Crippen LogP contribution in [0.4, 0.5) is 10.5 Å². The number of ether oxygens (including phenoxy) is 1. The fraction of sp³-hybridized carbons (Fsp3) is 0.231. The number of nitrogens with one attached hydrogen (secondary N) is 2. The van der Waals surface area contributed by atoms with E-state index in [9.17, 15) is 14.4 Å². The molecule has 1 unspecified atom stereocenters. The van der Waals surface area contributed by atoms with Gasteiger partial charge < -0.3 is 20.5 Å². The minimum Gasteiger partial charge on any atom is -0.478 e. The largest absolute Gasteiger partial charge is 0.478 e. The molecule has 8 heteroatoms. The maximum atomic E-state index is 12.4. The van der Waals surface area contributed by atoms with Crippen LogP contribution in [0.15, 0.2) is 67.0 Å². The fourth-order valence-corrected chi connectivity index (χ4v) is 4.11. The molecule has 1 aliphatic rings. The summed E-state index contributed by atoms with van der Waals surface area (Å²) in [6, 6.07) is 17.3. The van der Waals surface area contributed by atoms with Crippen LogP contribution >= 0.6 is 0 Å². The Labute approximate surface area is 197 Å². The molecule has 2 amide bonds. The first-order valence-electron chi connectivity index (χ1n) is 11.0. The van der Waals surface area contributed by atoms with E-state index in [0.717, 1.165) is 22.3 Å². The average molecular weight is 460 g/mol. The number of hydrogen-bond acceptors (Lipinski definition) is 5. The van der Waals surface area contributed by atoms with E-state index < -0.39 is 12.1 Å². The zero-order valence-electron chi connectivity index (χ0n) is 18.7. The van der Waals surface area contributed by atoms with E-state index in [-0.39, 0.29) is 36.5 Å². The van der Waals surface area contributed by atoms with E-state index in [1.165, 1.54) is 18.5 Å². The number of fused-ring (bicyclic) bond motifs is 3. The van der Waals surface area contributed by atoms with Crippen LogP contribution in [0.1, 0.15) is 47.2 Å². The van der Waals surface area contributed by atoms with Crippen LogP contribution in [0.5, 0.6) is 0 Å². The van der Waals surface area contributed by atoms with Crippen LogP contribution in [0.2, 0.25) is 0 Å². The van der Waals surface area contributed by atoms with E-state index in [2.05, 4.69) is 39.9 Å². The van der Waals surface area contributed by atoms with Gasteiger partial charge in [-0.3, -0.25) is 9.78 Å². The second kappa shape index (κ2) is 10.2. The van der Waals surface area contributed by atoms with Gasteiger partial charge in [-0.05, 0) is 41.7 Å². The van der Waals surface area contributed by atoms with E-state index >= 15 is 0 Å². The predicted molar refractivity (Wildman–Crippen MR) is 127 cm³/mol. The third kappa shape index (κ3) is 5.23. The number of aromatic carboxylic acids is 1. The van der Waals surface area contributed by atoms with Crippen molar-refractivity contribution in [2.24, 2.45) is 0 Å². The number of carbonyl (C=O) groups excluding carboxylic acids is 2. The van der Waals surface area contributed by atoms with Crippen molar-refractivity contribution in [3.05, 3.63) is 83.7 Å². The van der Waals surface area contributed by atoms with Gasteiger partial charge in [0.2, 0.25) is 5.91 Å². The first-order chi connectivity index (χ1) is 16.4. The number of alkyl carbamates (subject to hydrolysis) is 1. The Morgan fingerprint density at radius 2 is 1.68 bits per heavy atom. The van der Waals surface area contributed by atoms with Crippen molar-refractivity contribution >= 4 is 23.7 Å². The number of carboxylic acid groups (broad SMARTS) is 1. The average Bonchev–Trinajstić information content (AvgIpc) is 3.15. The van der Waals surface area contributed by atoms with Crippen molar-refractivity contribution in [1.82, 2.24) is 10.3 Å². The van der Waals surface area contributed by atoms with Crippen LogP contribution in [-0.4, -0.2) is 40.7 Å². The van der Waals surface area contributed by atoms with Crippen LogP contribution in [0.3, 0.4) is 0 Å². The first-order valence-corrected chi connectivity index (χ1v) is 11.0. The molecule has 0 saturated heterocycles. The maximum Gasteiger partial charge on any atom is 0.407 e. The highest BCUT2D eigenvalue weighted by atomic mass is 16.5. The molecule has 1 aliphatic carbocycles. The van der Waals surface area contributed by atoms with E-state index in [4.69, 9.17) is 9.84 Å². The topological polar surface area (TPSA) is 118 Å². The van der Waals surface area contributed by atoms with E-state index in [0.29, 0.717) is 12.1 Å². The monoisotopic (exact) mass is 459 g/mol. The molecule has 34 heavy (non-hydrogen) atoms. The molecule has 4 rings (SSSR count). The molecule has 0 spiro atoms. The second-order valence-electron chi connectivity index (χ2n) is 8.23. The van der Waals surface area contributed by atoms with Crippen molar-refractivity contribution in [3.63, 3.8) is 0 Å². The Hall–Kier alpha value is -4.20. The number of nitrogens with zero attached hydrogens (tertiary/aromatic N) is 1. The summed E-state index contributed by atoms with van der Waals surface area (Å²) in [6.45, 7) is 2.02. The molecule has 3 aromatic rings. The van der Waals surface area contributed by atoms with Gasteiger partial charge in [0.15, 0.2) is 0 Å². The summed E-state index contributed by atoms with van der Waals surface area (Å²) >= 11 is 0. The summed E-state index contributed by atoms with van der Waals surface area (Å²) in [5.41, 5.74) is 4.90. The Balaban J connectivity index is 1.25. The number of amides is 2. The molecule has 1 heterocycles.